The van der Waals surface area contributed by atoms with E-state index in [9.17, 15) is 4.79 Å². The number of likely N-dealkylation sites (tertiary alicyclic amines) is 1. The lowest BCUT2D eigenvalue weighted by atomic mass is 9.94. The van der Waals surface area contributed by atoms with Crippen LogP contribution in [-0.2, 0) is 22.5 Å². The summed E-state index contributed by atoms with van der Waals surface area (Å²) in [6.45, 7) is 13.0. The van der Waals surface area contributed by atoms with Crippen molar-refractivity contribution in [3.63, 3.8) is 0 Å². The van der Waals surface area contributed by atoms with Gasteiger partial charge in [-0.2, -0.15) is 0 Å². The number of carbonyl (C=O) groups excluding carboxylic acids is 1. The number of anilines is 2. The average Bonchev–Trinajstić information content (AvgIpc) is 3.49. The predicted octanol–water partition coefficient (Wildman–Crippen LogP) is 6.18. The Hall–Kier alpha value is -2.36. The zero-order valence-electron chi connectivity index (χ0n) is 21.3. The molecule has 0 saturated carbocycles. The van der Waals surface area contributed by atoms with Crippen LogP contribution >= 0.6 is 23.1 Å². The van der Waals surface area contributed by atoms with Gasteiger partial charge in [-0.05, 0) is 43.6 Å². The molecule has 1 aromatic carbocycles. The Morgan fingerprint density at radius 2 is 1.97 bits per heavy atom. The Labute approximate surface area is 216 Å². The van der Waals surface area contributed by atoms with Crippen LogP contribution in [-0.4, -0.2) is 33.9 Å². The van der Waals surface area contributed by atoms with E-state index in [-0.39, 0.29) is 17.2 Å². The number of hydrogen-bond acceptors (Lipinski definition) is 8. The number of hydrogen-bond donors (Lipinski definition) is 2. The number of thioether (sulfide) groups is 1. The van der Waals surface area contributed by atoms with E-state index >= 15 is 0 Å². The van der Waals surface area contributed by atoms with Gasteiger partial charge in [0.1, 0.15) is 5.76 Å². The zero-order chi connectivity index (χ0) is 25.4. The molecule has 35 heavy (non-hydrogen) atoms. The Balaban J connectivity index is 0.00000167. The van der Waals surface area contributed by atoms with Crippen LogP contribution in [0.2, 0.25) is 0 Å². The van der Waals surface area contributed by atoms with E-state index in [4.69, 9.17) is 10.2 Å². The first-order valence-electron chi connectivity index (χ1n) is 12.2. The number of rotatable bonds is 7. The molecule has 1 aliphatic rings. The van der Waals surface area contributed by atoms with Crippen LogP contribution in [0.5, 0.6) is 0 Å². The Kier molecular flexibility index (Phi) is 9.77. The number of amides is 1. The van der Waals surface area contributed by atoms with Gasteiger partial charge >= 0.3 is 0 Å². The molecule has 0 aliphatic carbocycles. The van der Waals surface area contributed by atoms with Gasteiger partial charge in [0.05, 0.1) is 22.4 Å². The van der Waals surface area contributed by atoms with Gasteiger partial charge in [-0.25, -0.2) is 9.97 Å². The summed E-state index contributed by atoms with van der Waals surface area (Å²) in [5.41, 5.74) is 7.83. The number of nitrogens with zero attached hydrogens (tertiary/aromatic N) is 3. The lowest BCUT2D eigenvalue weighted by Gasteiger charge is -2.31. The van der Waals surface area contributed by atoms with Gasteiger partial charge in [0.25, 0.3) is 0 Å². The molecule has 3 heterocycles. The van der Waals surface area contributed by atoms with Crippen LogP contribution in [0.3, 0.4) is 0 Å². The molecule has 1 fully saturated rings. The average molecular weight is 516 g/mol. The van der Waals surface area contributed by atoms with E-state index < -0.39 is 0 Å². The Morgan fingerprint density at radius 3 is 2.63 bits per heavy atom. The molecular weight excluding hydrogens is 478 g/mol. The van der Waals surface area contributed by atoms with Gasteiger partial charge in [-0.1, -0.05) is 58.1 Å². The summed E-state index contributed by atoms with van der Waals surface area (Å²) in [6, 6.07) is 8.00. The third-order valence-corrected chi connectivity index (χ3v) is 7.75. The third kappa shape index (κ3) is 8.08. The molecule has 0 spiro atoms. The minimum Gasteiger partial charge on any atom is -0.444 e. The van der Waals surface area contributed by atoms with Crippen molar-refractivity contribution in [2.45, 2.75) is 69.4 Å². The van der Waals surface area contributed by atoms with Gasteiger partial charge in [0.15, 0.2) is 5.13 Å². The summed E-state index contributed by atoms with van der Waals surface area (Å²) in [7, 11) is 0. The fraction of sp³-hybridized carbons (Fsp3) is 0.500. The van der Waals surface area contributed by atoms with Gasteiger partial charge < -0.3 is 15.5 Å². The number of nitrogens with one attached hydrogen (secondary N) is 1. The first-order chi connectivity index (χ1) is 16.8. The van der Waals surface area contributed by atoms with Crippen molar-refractivity contribution in [3.8, 4) is 0 Å². The second kappa shape index (κ2) is 12.6. The fourth-order valence-corrected chi connectivity index (χ4v) is 5.48. The van der Waals surface area contributed by atoms with E-state index in [1.807, 2.05) is 32.0 Å². The van der Waals surface area contributed by atoms with Gasteiger partial charge in [0, 0.05) is 23.6 Å². The minimum atomic E-state index is -0.0520. The quantitative estimate of drug-likeness (QED) is 0.286. The number of oxazole rings is 1. The number of carbonyl (C=O) groups is 1. The molecule has 0 unspecified atom stereocenters. The Morgan fingerprint density at radius 1 is 1.23 bits per heavy atom. The monoisotopic (exact) mass is 515 g/mol. The highest BCUT2D eigenvalue weighted by molar-refractivity contribution is 8.00. The normalized spacial score (nSPS) is 14.9. The number of benzene rings is 1. The molecule has 9 heteroatoms. The molecule has 4 rings (SSSR count). The predicted molar refractivity (Wildman–Crippen MR) is 146 cm³/mol. The largest absolute Gasteiger partial charge is 0.444 e. The molecule has 0 bridgehead atoms. The standard InChI is InChI=1S/C24H31N5O2S2.C2H6/c1-24(2,3)19-12-26-20(31-19)15-32-21-13-27-23(33-21)28-22(30)17-7-9-29(10-8-17)14-16-5-4-6-18(25)11-16;1-2/h4-6,11-13,17H,7-10,14-15,25H2,1-3H3,(H,27,28,30);1-2H3. The minimum absolute atomic E-state index is 0.0187. The summed E-state index contributed by atoms with van der Waals surface area (Å²) < 4.78 is 6.87. The summed E-state index contributed by atoms with van der Waals surface area (Å²) in [5, 5.41) is 3.65. The molecule has 2 aromatic heterocycles. The summed E-state index contributed by atoms with van der Waals surface area (Å²) in [5.74, 6) is 2.30. The van der Waals surface area contributed by atoms with Crippen molar-refractivity contribution in [1.29, 1.82) is 0 Å². The maximum Gasteiger partial charge on any atom is 0.229 e. The molecule has 0 radical (unpaired) electrons. The lowest BCUT2D eigenvalue weighted by molar-refractivity contribution is -0.121. The SMILES string of the molecule is CC.CC(C)(C)c1cnc(CSc2cnc(NC(=O)C3CCN(Cc4cccc(N)c4)CC3)s2)o1. The topological polar surface area (TPSA) is 97.3 Å². The van der Waals surface area contributed by atoms with Crippen molar-refractivity contribution < 1.29 is 9.21 Å². The lowest BCUT2D eigenvalue weighted by Crippen LogP contribution is -2.37. The first-order valence-corrected chi connectivity index (χ1v) is 14.0. The summed E-state index contributed by atoms with van der Waals surface area (Å²) in [4.78, 5) is 23.9. The van der Waals surface area contributed by atoms with Crippen LogP contribution in [0.25, 0.3) is 0 Å². The first kappa shape index (κ1) is 27.2. The molecular formula is C26H37N5O2S2. The van der Waals surface area contributed by atoms with Crippen molar-refractivity contribution in [3.05, 3.63) is 53.9 Å². The second-order valence-electron chi connectivity index (χ2n) is 9.43. The van der Waals surface area contributed by atoms with Crippen LogP contribution in [0.1, 0.15) is 64.7 Å². The third-order valence-electron chi connectivity index (χ3n) is 5.66. The number of nitrogens with two attached hydrogens (primary N) is 1. The molecule has 1 amide bonds. The Bertz CT molecular complexity index is 1080. The van der Waals surface area contributed by atoms with E-state index in [1.165, 1.54) is 16.9 Å². The van der Waals surface area contributed by atoms with Crippen molar-refractivity contribution in [2.24, 2.45) is 5.92 Å². The van der Waals surface area contributed by atoms with Gasteiger partial charge in [-0.15, -0.1) is 11.8 Å². The van der Waals surface area contributed by atoms with Crippen LogP contribution < -0.4 is 11.1 Å². The number of piperidine rings is 1. The maximum absolute atomic E-state index is 12.8. The maximum atomic E-state index is 12.8. The molecule has 1 aliphatic heterocycles. The highest BCUT2D eigenvalue weighted by Crippen LogP contribution is 2.32. The van der Waals surface area contributed by atoms with E-state index in [0.717, 1.165) is 48.1 Å². The summed E-state index contributed by atoms with van der Waals surface area (Å²) in [6.07, 6.45) is 5.30. The number of thiazole rings is 1. The second-order valence-corrected chi connectivity index (χ2v) is 11.7. The number of nitrogen functional groups attached to an aromatic ring is 1. The highest BCUT2D eigenvalue weighted by Gasteiger charge is 2.26. The van der Waals surface area contributed by atoms with E-state index in [1.54, 1.807) is 24.2 Å². The molecule has 1 saturated heterocycles. The van der Waals surface area contributed by atoms with E-state index in [2.05, 4.69) is 47.0 Å². The van der Waals surface area contributed by atoms with Gasteiger partial charge in [0.2, 0.25) is 11.8 Å². The van der Waals surface area contributed by atoms with E-state index in [0.29, 0.717) is 16.8 Å². The van der Waals surface area contributed by atoms with Gasteiger partial charge in [-0.3, -0.25) is 9.69 Å². The molecule has 0 atom stereocenters. The molecule has 190 valence electrons. The summed E-state index contributed by atoms with van der Waals surface area (Å²) >= 11 is 3.10. The molecule has 3 aromatic rings. The van der Waals surface area contributed by atoms with Crippen LogP contribution in [0.15, 0.2) is 45.3 Å². The van der Waals surface area contributed by atoms with Crippen molar-refractivity contribution in [2.75, 3.05) is 24.1 Å². The smallest absolute Gasteiger partial charge is 0.229 e. The van der Waals surface area contributed by atoms with Crippen molar-refractivity contribution in [1.82, 2.24) is 14.9 Å². The zero-order valence-corrected chi connectivity index (χ0v) is 23.0. The fourth-order valence-electron chi connectivity index (χ4n) is 3.75. The molecule has 7 nitrogen and oxygen atoms in total. The number of aromatic nitrogens is 2. The van der Waals surface area contributed by atoms with Crippen molar-refractivity contribution >= 4 is 39.8 Å². The highest BCUT2D eigenvalue weighted by atomic mass is 32.2. The van der Waals surface area contributed by atoms with Crippen LogP contribution in [0.4, 0.5) is 10.8 Å². The molecule has 3 N–H and O–H groups in total. The van der Waals surface area contributed by atoms with Crippen LogP contribution in [0, 0.1) is 5.92 Å².